The van der Waals surface area contributed by atoms with E-state index in [0.29, 0.717) is 58.2 Å². The number of ether oxygens (including phenoxy) is 3. The smallest absolute Gasteiger partial charge is 0.323 e. The molecule has 1 aliphatic rings. The maximum absolute atomic E-state index is 12.6. The van der Waals surface area contributed by atoms with Crippen LogP contribution in [0.3, 0.4) is 0 Å². The molecule has 0 spiro atoms. The van der Waals surface area contributed by atoms with Gasteiger partial charge >= 0.3 is 6.03 Å². The maximum atomic E-state index is 12.6. The molecule has 0 atom stereocenters. The van der Waals surface area contributed by atoms with E-state index in [-0.39, 0.29) is 12.2 Å². The normalized spacial score (nSPS) is 12.3. The van der Waals surface area contributed by atoms with Crippen LogP contribution < -0.4 is 30.4 Å². The minimum absolute atomic E-state index is 0.0385. The number of nitrogens with zero attached hydrogens (tertiary/aromatic N) is 2. The van der Waals surface area contributed by atoms with Crippen molar-refractivity contribution in [1.82, 2.24) is 9.38 Å². The van der Waals surface area contributed by atoms with Gasteiger partial charge in [0.05, 0.1) is 16.4 Å². The van der Waals surface area contributed by atoms with Crippen LogP contribution in [-0.2, 0) is 6.61 Å². The van der Waals surface area contributed by atoms with Gasteiger partial charge in [0.1, 0.15) is 31.2 Å². The number of urea groups is 1. The Balaban J connectivity index is 1.27. The summed E-state index contributed by atoms with van der Waals surface area (Å²) in [6, 6.07) is 16.4. The molecule has 5 rings (SSSR count). The van der Waals surface area contributed by atoms with Crippen LogP contribution in [-0.4, -0.2) is 28.6 Å². The Labute approximate surface area is 198 Å². The summed E-state index contributed by atoms with van der Waals surface area (Å²) in [6.45, 7) is 0.992. The Kier molecular flexibility index (Phi) is 5.92. The molecule has 3 heterocycles. The summed E-state index contributed by atoms with van der Waals surface area (Å²) in [5, 5.41) is 5.98. The molecule has 0 aliphatic carbocycles. The van der Waals surface area contributed by atoms with Crippen molar-refractivity contribution in [1.29, 1.82) is 0 Å². The van der Waals surface area contributed by atoms with Gasteiger partial charge in [-0.25, -0.2) is 9.78 Å². The number of fused-ring (bicyclic) bond motifs is 2. The van der Waals surface area contributed by atoms with Crippen LogP contribution in [0.15, 0.2) is 71.7 Å². The molecular formula is C24H19ClN4O5. The highest BCUT2D eigenvalue weighted by Gasteiger charge is 2.14. The molecule has 1 aliphatic heterocycles. The molecule has 2 aromatic carbocycles. The standard InChI is InChI=1S/C24H19ClN4O5/c25-15-5-8-22-26-17(12-23(30)29(22)13-15)14-34-19-4-2-1-3-18(19)28-24(31)27-16-6-7-20-21(11-16)33-10-9-32-20/h1-8,11-13H,9-10,14H2,(H2,27,28,31). The second-order valence-electron chi connectivity index (χ2n) is 7.38. The van der Waals surface area contributed by atoms with E-state index >= 15 is 0 Å². The second kappa shape index (κ2) is 9.32. The van der Waals surface area contributed by atoms with E-state index in [9.17, 15) is 9.59 Å². The predicted molar refractivity (Wildman–Crippen MR) is 127 cm³/mol. The SMILES string of the molecule is O=C(Nc1ccc2c(c1)OCCO2)Nc1ccccc1OCc1cc(=O)n2cc(Cl)ccc2n1. The highest BCUT2D eigenvalue weighted by Crippen LogP contribution is 2.33. The average molecular weight is 479 g/mol. The number of carbonyl (C=O) groups is 1. The van der Waals surface area contributed by atoms with E-state index in [0.717, 1.165) is 0 Å². The van der Waals surface area contributed by atoms with Crippen molar-refractivity contribution >= 4 is 34.7 Å². The maximum Gasteiger partial charge on any atom is 0.323 e. The monoisotopic (exact) mass is 478 g/mol. The molecule has 0 bridgehead atoms. The molecule has 0 saturated carbocycles. The second-order valence-corrected chi connectivity index (χ2v) is 7.82. The summed E-state index contributed by atoms with van der Waals surface area (Å²) in [7, 11) is 0. The molecule has 2 aromatic heterocycles. The van der Waals surface area contributed by atoms with Crippen molar-refractivity contribution in [2.45, 2.75) is 6.61 Å². The molecule has 0 saturated heterocycles. The molecule has 9 nitrogen and oxygen atoms in total. The Morgan fingerprint density at radius 1 is 1.03 bits per heavy atom. The number of hydrogen-bond acceptors (Lipinski definition) is 6. The lowest BCUT2D eigenvalue weighted by atomic mass is 10.2. The molecule has 0 radical (unpaired) electrons. The number of pyridine rings is 1. The van der Waals surface area contributed by atoms with E-state index in [4.69, 9.17) is 25.8 Å². The van der Waals surface area contributed by atoms with Crippen LogP contribution in [0.25, 0.3) is 5.65 Å². The fraction of sp³-hybridized carbons (Fsp3) is 0.125. The van der Waals surface area contributed by atoms with E-state index in [2.05, 4.69) is 15.6 Å². The number of carbonyl (C=O) groups excluding carboxylic acids is 1. The van der Waals surface area contributed by atoms with Crippen LogP contribution in [0.1, 0.15) is 5.69 Å². The lowest BCUT2D eigenvalue weighted by Gasteiger charge is -2.19. The first-order chi connectivity index (χ1) is 16.5. The zero-order valence-electron chi connectivity index (χ0n) is 17.8. The third kappa shape index (κ3) is 4.74. The number of nitrogens with one attached hydrogen (secondary N) is 2. The van der Waals surface area contributed by atoms with Crippen molar-refractivity contribution in [3.05, 3.63) is 87.9 Å². The van der Waals surface area contributed by atoms with Crippen molar-refractivity contribution in [2.75, 3.05) is 23.8 Å². The van der Waals surface area contributed by atoms with E-state index in [1.54, 1.807) is 54.6 Å². The van der Waals surface area contributed by atoms with Gasteiger partial charge in [-0.05, 0) is 36.4 Å². The van der Waals surface area contributed by atoms with Crippen molar-refractivity contribution in [3.8, 4) is 17.2 Å². The first-order valence-corrected chi connectivity index (χ1v) is 10.8. The van der Waals surface area contributed by atoms with Gasteiger partial charge < -0.3 is 24.8 Å². The van der Waals surface area contributed by atoms with Crippen molar-refractivity contribution < 1.29 is 19.0 Å². The fourth-order valence-corrected chi connectivity index (χ4v) is 3.61. The van der Waals surface area contributed by atoms with E-state index in [1.165, 1.54) is 16.7 Å². The quantitative estimate of drug-likeness (QED) is 0.442. The third-order valence-corrected chi connectivity index (χ3v) is 5.21. The molecule has 0 fully saturated rings. The predicted octanol–water partition coefficient (Wildman–Crippen LogP) is 4.34. The Bertz CT molecular complexity index is 1440. The Hall–Kier alpha value is -4.24. The van der Waals surface area contributed by atoms with Gasteiger partial charge in [0.25, 0.3) is 5.56 Å². The third-order valence-electron chi connectivity index (χ3n) is 4.99. The first-order valence-electron chi connectivity index (χ1n) is 10.4. The molecule has 4 aromatic rings. The fourth-order valence-electron chi connectivity index (χ4n) is 3.45. The van der Waals surface area contributed by atoms with Gasteiger partial charge in [0.2, 0.25) is 0 Å². The van der Waals surface area contributed by atoms with Gasteiger partial charge in [-0.15, -0.1) is 0 Å². The van der Waals surface area contributed by atoms with Crippen LogP contribution in [0.4, 0.5) is 16.2 Å². The van der Waals surface area contributed by atoms with Crippen LogP contribution in [0.5, 0.6) is 17.2 Å². The van der Waals surface area contributed by atoms with E-state index < -0.39 is 6.03 Å². The van der Waals surface area contributed by atoms with Crippen molar-refractivity contribution in [3.63, 3.8) is 0 Å². The van der Waals surface area contributed by atoms with Crippen molar-refractivity contribution in [2.24, 2.45) is 0 Å². The molecule has 0 unspecified atom stereocenters. The summed E-state index contributed by atoms with van der Waals surface area (Å²) >= 11 is 5.95. The molecule has 2 amide bonds. The molecule has 34 heavy (non-hydrogen) atoms. The number of rotatable bonds is 5. The van der Waals surface area contributed by atoms with Gasteiger partial charge in [0, 0.05) is 24.0 Å². The summed E-state index contributed by atoms with van der Waals surface area (Å²) < 4.78 is 18.3. The lowest BCUT2D eigenvalue weighted by molar-refractivity contribution is 0.171. The zero-order chi connectivity index (χ0) is 23.5. The lowest BCUT2D eigenvalue weighted by Crippen LogP contribution is -2.21. The number of anilines is 2. The highest BCUT2D eigenvalue weighted by atomic mass is 35.5. The average Bonchev–Trinajstić information content (AvgIpc) is 2.84. The Morgan fingerprint density at radius 2 is 1.85 bits per heavy atom. The summed E-state index contributed by atoms with van der Waals surface area (Å²) in [4.78, 5) is 29.4. The number of amides is 2. The number of halogens is 1. The molecule has 172 valence electrons. The zero-order valence-corrected chi connectivity index (χ0v) is 18.5. The minimum Gasteiger partial charge on any atom is -0.486 e. The van der Waals surface area contributed by atoms with Gasteiger partial charge in [-0.1, -0.05) is 23.7 Å². The molecule has 2 N–H and O–H groups in total. The largest absolute Gasteiger partial charge is 0.486 e. The summed E-state index contributed by atoms with van der Waals surface area (Å²) in [5.74, 6) is 1.65. The summed E-state index contributed by atoms with van der Waals surface area (Å²) in [5.41, 5.74) is 1.66. The number of benzene rings is 2. The number of aromatic nitrogens is 2. The van der Waals surface area contributed by atoms with Gasteiger partial charge in [-0.3, -0.25) is 9.20 Å². The molecule has 10 heteroatoms. The Morgan fingerprint density at radius 3 is 2.74 bits per heavy atom. The summed E-state index contributed by atoms with van der Waals surface area (Å²) in [6.07, 6.45) is 1.51. The van der Waals surface area contributed by atoms with Crippen LogP contribution in [0.2, 0.25) is 5.02 Å². The van der Waals surface area contributed by atoms with Gasteiger partial charge in [-0.2, -0.15) is 0 Å². The van der Waals surface area contributed by atoms with Gasteiger partial charge in [0.15, 0.2) is 11.5 Å². The molecular weight excluding hydrogens is 460 g/mol. The minimum atomic E-state index is -0.452. The highest BCUT2D eigenvalue weighted by molar-refractivity contribution is 6.30. The first kappa shape index (κ1) is 21.6. The van der Waals surface area contributed by atoms with Crippen LogP contribution in [0, 0.1) is 0 Å². The van der Waals surface area contributed by atoms with E-state index in [1.807, 2.05) is 0 Å². The number of para-hydroxylation sites is 2. The topological polar surface area (TPSA) is 103 Å². The number of hydrogen-bond donors (Lipinski definition) is 2. The van der Waals surface area contributed by atoms with Crippen LogP contribution >= 0.6 is 11.6 Å².